The predicted molar refractivity (Wildman–Crippen MR) is 65.3 cm³/mol. The molecule has 1 aromatic carbocycles. The van der Waals surface area contributed by atoms with Gasteiger partial charge in [0, 0.05) is 0 Å². The summed E-state index contributed by atoms with van der Waals surface area (Å²) in [6.07, 6.45) is 0. The number of thiocarbonyl (C=S) groups is 1. The molecule has 0 atom stereocenters. The second kappa shape index (κ2) is 4.33. The molecule has 0 aliphatic heterocycles. The third kappa shape index (κ3) is 2.11. The van der Waals surface area contributed by atoms with Crippen molar-refractivity contribution < 1.29 is 0 Å². The molecule has 4 nitrogen and oxygen atoms in total. The normalized spacial score (nSPS) is 9.87. The molecule has 0 saturated heterocycles. The van der Waals surface area contributed by atoms with Crippen molar-refractivity contribution in [3.8, 4) is 0 Å². The molecular formula is C9H8N4S2. The Labute approximate surface area is 96.4 Å². The molecule has 0 fully saturated rings. The van der Waals surface area contributed by atoms with E-state index in [2.05, 4.69) is 10.2 Å². The van der Waals surface area contributed by atoms with Crippen molar-refractivity contribution in [1.29, 1.82) is 0 Å². The summed E-state index contributed by atoms with van der Waals surface area (Å²) in [5.74, 6) is 0. The number of hydrogen-bond acceptors (Lipinski definition) is 4. The molecule has 1 aromatic heterocycles. The molecule has 76 valence electrons. The van der Waals surface area contributed by atoms with Crippen molar-refractivity contribution in [2.45, 2.75) is 0 Å². The van der Waals surface area contributed by atoms with Crippen molar-refractivity contribution in [1.82, 2.24) is 10.2 Å². The number of para-hydroxylation sites is 1. The molecule has 0 bridgehead atoms. The van der Waals surface area contributed by atoms with Crippen LogP contribution in [0.5, 0.6) is 0 Å². The number of nitrogens with zero attached hydrogens (tertiary/aromatic N) is 3. The van der Waals surface area contributed by atoms with E-state index in [9.17, 15) is 0 Å². The quantitative estimate of drug-likeness (QED) is 0.807. The zero-order valence-corrected chi connectivity index (χ0v) is 9.33. The minimum Gasteiger partial charge on any atom is -0.376 e. The maximum Gasteiger partial charge on any atom is 0.218 e. The summed E-state index contributed by atoms with van der Waals surface area (Å²) in [6.45, 7) is 0. The molecular weight excluding hydrogens is 228 g/mol. The van der Waals surface area contributed by atoms with Gasteiger partial charge in [0.25, 0.3) is 0 Å². The standard InChI is InChI=1S/C9H8N4S2/c10-8(14)13(9-12-11-6-15-9)7-4-2-1-3-5-7/h1-6H,(H2,10,14). The van der Waals surface area contributed by atoms with Crippen LogP contribution in [0.15, 0.2) is 35.8 Å². The molecule has 0 aliphatic rings. The van der Waals surface area contributed by atoms with Gasteiger partial charge < -0.3 is 5.73 Å². The number of nitrogens with two attached hydrogens (primary N) is 1. The summed E-state index contributed by atoms with van der Waals surface area (Å²) in [5.41, 5.74) is 8.19. The Morgan fingerprint density at radius 2 is 2.07 bits per heavy atom. The molecule has 0 aliphatic carbocycles. The van der Waals surface area contributed by atoms with Crippen LogP contribution < -0.4 is 10.6 Å². The highest BCUT2D eigenvalue weighted by Gasteiger charge is 2.14. The highest BCUT2D eigenvalue weighted by atomic mass is 32.1. The summed E-state index contributed by atoms with van der Waals surface area (Å²) >= 11 is 6.38. The summed E-state index contributed by atoms with van der Waals surface area (Å²) in [5, 5.41) is 8.64. The second-order valence-corrected chi connectivity index (χ2v) is 3.96. The van der Waals surface area contributed by atoms with Gasteiger partial charge in [0.1, 0.15) is 5.51 Å². The van der Waals surface area contributed by atoms with Crippen LogP contribution in [0.3, 0.4) is 0 Å². The molecule has 2 N–H and O–H groups in total. The maximum absolute atomic E-state index is 5.66. The van der Waals surface area contributed by atoms with Gasteiger partial charge in [-0.25, -0.2) is 0 Å². The third-order valence-electron chi connectivity index (χ3n) is 1.77. The zero-order chi connectivity index (χ0) is 10.7. The number of aromatic nitrogens is 2. The lowest BCUT2D eigenvalue weighted by Gasteiger charge is -2.18. The molecule has 0 unspecified atom stereocenters. The van der Waals surface area contributed by atoms with Gasteiger partial charge in [-0.2, -0.15) is 0 Å². The van der Waals surface area contributed by atoms with Crippen molar-refractivity contribution >= 4 is 39.5 Å². The largest absolute Gasteiger partial charge is 0.376 e. The first-order valence-corrected chi connectivity index (χ1v) is 5.48. The molecule has 0 radical (unpaired) electrons. The third-order valence-corrected chi connectivity index (χ3v) is 2.63. The lowest BCUT2D eigenvalue weighted by molar-refractivity contribution is 1.07. The summed E-state index contributed by atoms with van der Waals surface area (Å²) < 4.78 is 0. The number of anilines is 2. The first-order chi connectivity index (χ1) is 7.29. The number of benzene rings is 1. The number of hydrogen-bond donors (Lipinski definition) is 1. The maximum atomic E-state index is 5.66. The van der Waals surface area contributed by atoms with E-state index in [1.807, 2.05) is 30.3 Å². The van der Waals surface area contributed by atoms with Crippen LogP contribution in [-0.4, -0.2) is 15.3 Å². The van der Waals surface area contributed by atoms with Crippen molar-refractivity contribution in [2.75, 3.05) is 4.90 Å². The van der Waals surface area contributed by atoms with Crippen LogP contribution >= 0.6 is 23.6 Å². The van der Waals surface area contributed by atoms with Gasteiger partial charge >= 0.3 is 0 Å². The van der Waals surface area contributed by atoms with E-state index in [-0.39, 0.29) is 5.11 Å². The lowest BCUT2D eigenvalue weighted by Crippen LogP contribution is -2.31. The van der Waals surface area contributed by atoms with Crippen LogP contribution in [0, 0.1) is 0 Å². The molecule has 6 heteroatoms. The minimum atomic E-state index is 0.262. The Kier molecular flexibility index (Phi) is 2.89. The van der Waals surface area contributed by atoms with Crippen LogP contribution in [0.1, 0.15) is 0 Å². The Bertz CT molecular complexity index is 440. The molecule has 1 heterocycles. The summed E-state index contributed by atoms with van der Waals surface area (Å²) in [7, 11) is 0. The average molecular weight is 236 g/mol. The van der Waals surface area contributed by atoms with Crippen molar-refractivity contribution in [3.05, 3.63) is 35.8 Å². The van der Waals surface area contributed by atoms with E-state index in [4.69, 9.17) is 18.0 Å². The van der Waals surface area contributed by atoms with Gasteiger partial charge in [-0.15, -0.1) is 10.2 Å². The monoisotopic (exact) mass is 236 g/mol. The van der Waals surface area contributed by atoms with Crippen molar-refractivity contribution in [3.63, 3.8) is 0 Å². The fourth-order valence-electron chi connectivity index (χ4n) is 1.17. The fraction of sp³-hybridized carbons (Fsp3) is 0. The van der Waals surface area contributed by atoms with Gasteiger partial charge in [0.05, 0.1) is 5.69 Å². The van der Waals surface area contributed by atoms with E-state index in [1.54, 1.807) is 10.4 Å². The topological polar surface area (TPSA) is 55.0 Å². The van der Waals surface area contributed by atoms with Crippen LogP contribution in [0.25, 0.3) is 0 Å². The van der Waals surface area contributed by atoms with Gasteiger partial charge in [-0.3, -0.25) is 4.90 Å². The average Bonchev–Trinajstić information content (AvgIpc) is 2.72. The Balaban J connectivity index is 2.42. The molecule has 15 heavy (non-hydrogen) atoms. The summed E-state index contributed by atoms with van der Waals surface area (Å²) in [6, 6.07) is 9.60. The Morgan fingerprint density at radius 3 is 2.60 bits per heavy atom. The highest BCUT2D eigenvalue weighted by Crippen LogP contribution is 2.25. The van der Waals surface area contributed by atoms with Crippen LogP contribution in [0.2, 0.25) is 0 Å². The van der Waals surface area contributed by atoms with E-state index >= 15 is 0 Å². The van der Waals surface area contributed by atoms with E-state index in [1.165, 1.54) is 11.3 Å². The first-order valence-electron chi connectivity index (χ1n) is 4.20. The molecule has 0 saturated carbocycles. The van der Waals surface area contributed by atoms with E-state index in [0.717, 1.165) is 5.69 Å². The van der Waals surface area contributed by atoms with Gasteiger partial charge in [0.15, 0.2) is 5.11 Å². The Morgan fingerprint density at radius 1 is 1.33 bits per heavy atom. The van der Waals surface area contributed by atoms with Crippen LogP contribution in [0.4, 0.5) is 10.8 Å². The number of rotatable bonds is 2. The molecule has 2 rings (SSSR count). The second-order valence-electron chi connectivity index (χ2n) is 2.73. The summed E-state index contributed by atoms with van der Waals surface area (Å²) in [4.78, 5) is 1.69. The first kappa shape index (κ1) is 10.0. The Hall–Kier alpha value is -1.53. The smallest absolute Gasteiger partial charge is 0.218 e. The molecule has 2 aromatic rings. The SMILES string of the molecule is NC(=S)N(c1ccccc1)c1nncs1. The van der Waals surface area contributed by atoms with Crippen LogP contribution in [-0.2, 0) is 0 Å². The van der Waals surface area contributed by atoms with Gasteiger partial charge in [0.2, 0.25) is 5.13 Å². The van der Waals surface area contributed by atoms with E-state index in [0.29, 0.717) is 5.13 Å². The predicted octanol–water partition coefficient (Wildman–Crippen LogP) is 1.92. The minimum absolute atomic E-state index is 0.262. The van der Waals surface area contributed by atoms with Gasteiger partial charge in [-0.1, -0.05) is 29.5 Å². The van der Waals surface area contributed by atoms with Crippen molar-refractivity contribution in [2.24, 2.45) is 5.73 Å². The molecule has 0 spiro atoms. The zero-order valence-electron chi connectivity index (χ0n) is 7.70. The molecule has 0 amide bonds. The fourth-order valence-corrected chi connectivity index (χ4v) is 2.02. The highest BCUT2D eigenvalue weighted by molar-refractivity contribution is 7.80. The van der Waals surface area contributed by atoms with E-state index < -0.39 is 0 Å². The van der Waals surface area contributed by atoms with Gasteiger partial charge in [-0.05, 0) is 24.4 Å². The lowest BCUT2D eigenvalue weighted by atomic mass is 10.3.